The van der Waals surface area contributed by atoms with Gasteiger partial charge in [-0.15, -0.1) is 0 Å². The molecule has 3 heteroatoms. The van der Waals surface area contributed by atoms with Crippen LogP contribution in [0.5, 0.6) is 5.75 Å². The lowest BCUT2D eigenvalue weighted by molar-refractivity contribution is -0.0832. The molecule has 0 N–H and O–H groups in total. The molecule has 0 saturated heterocycles. The van der Waals surface area contributed by atoms with Gasteiger partial charge in [-0.1, -0.05) is 13.0 Å². The Morgan fingerprint density at radius 1 is 1.08 bits per heavy atom. The third kappa shape index (κ3) is 2.24. The van der Waals surface area contributed by atoms with E-state index in [0.29, 0.717) is 11.8 Å². The predicted molar refractivity (Wildman–Crippen MR) is 94.6 cm³/mol. The van der Waals surface area contributed by atoms with Crippen molar-refractivity contribution in [1.82, 2.24) is 0 Å². The first kappa shape index (κ1) is 16.4. The van der Waals surface area contributed by atoms with E-state index in [4.69, 9.17) is 14.2 Å². The minimum Gasteiger partial charge on any atom is -0.497 e. The van der Waals surface area contributed by atoms with Gasteiger partial charge in [0.1, 0.15) is 5.75 Å². The van der Waals surface area contributed by atoms with Crippen molar-refractivity contribution in [3.05, 3.63) is 29.3 Å². The lowest BCUT2D eigenvalue weighted by Crippen LogP contribution is -2.45. The van der Waals surface area contributed by atoms with Gasteiger partial charge < -0.3 is 14.2 Å². The summed E-state index contributed by atoms with van der Waals surface area (Å²) in [7, 11) is 5.46. The minimum absolute atomic E-state index is 0.241. The van der Waals surface area contributed by atoms with Crippen LogP contribution in [0.4, 0.5) is 0 Å². The van der Waals surface area contributed by atoms with E-state index < -0.39 is 0 Å². The maximum Gasteiger partial charge on any atom is 0.119 e. The minimum atomic E-state index is 0.241. The number of benzene rings is 1. The Bertz CT molecular complexity index is 613. The fourth-order valence-electron chi connectivity index (χ4n) is 6.27. The molecule has 0 aliphatic heterocycles. The van der Waals surface area contributed by atoms with Crippen LogP contribution in [0.1, 0.15) is 49.7 Å². The van der Waals surface area contributed by atoms with E-state index in [1.54, 1.807) is 12.7 Å². The summed E-state index contributed by atoms with van der Waals surface area (Å²) in [6.07, 6.45) is 6.62. The van der Waals surface area contributed by atoms with Crippen molar-refractivity contribution in [3.63, 3.8) is 0 Å². The summed E-state index contributed by atoms with van der Waals surface area (Å²) in [4.78, 5) is 0. The first-order valence-corrected chi connectivity index (χ1v) is 9.34. The first-order chi connectivity index (χ1) is 11.6. The zero-order valence-electron chi connectivity index (χ0n) is 15.4. The van der Waals surface area contributed by atoms with Crippen LogP contribution >= 0.6 is 0 Å². The predicted octanol–water partition coefficient (Wildman–Crippen LogP) is 4.19. The molecule has 3 nitrogen and oxygen atoms in total. The summed E-state index contributed by atoms with van der Waals surface area (Å²) in [5.74, 6) is 3.17. The Kier molecular flexibility index (Phi) is 4.12. The molecule has 2 fully saturated rings. The van der Waals surface area contributed by atoms with Crippen LogP contribution in [0.25, 0.3) is 0 Å². The summed E-state index contributed by atoms with van der Waals surface area (Å²) in [5.41, 5.74) is 3.34. The number of hydrogen-bond acceptors (Lipinski definition) is 3. The molecule has 24 heavy (non-hydrogen) atoms. The fraction of sp³-hybridized carbons (Fsp3) is 0.714. The molecule has 0 radical (unpaired) electrons. The average molecular weight is 330 g/mol. The monoisotopic (exact) mass is 330 g/mol. The van der Waals surface area contributed by atoms with Crippen LogP contribution < -0.4 is 4.74 Å². The largest absolute Gasteiger partial charge is 0.497 e. The quantitative estimate of drug-likeness (QED) is 0.831. The molecule has 0 unspecified atom stereocenters. The number of ether oxygens (including phenoxy) is 3. The lowest BCUT2D eigenvalue weighted by Gasteiger charge is -2.50. The Labute approximate surface area is 145 Å². The van der Waals surface area contributed by atoms with Crippen molar-refractivity contribution >= 4 is 0 Å². The van der Waals surface area contributed by atoms with Crippen molar-refractivity contribution in [2.45, 2.75) is 57.2 Å². The molecule has 3 aliphatic carbocycles. The van der Waals surface area contributed by atoms with Crippen LogP contribution in [-0.4, -0.2) is 33.5 Å². The second-order valence-corrected chi connectivity index (χ2v) is 8.19. The highest BCUT2D eigenvalue weighted by molar-refractivity contribution is 5.40. The number of hydrogen-bond donors (Lipinski definition) is 0. The van der Waals surface area contributed by atoms with Gasteiger partial charge in [-0.2, -0.15) is 0 Å². The van der Waals surface area contributed by atoms with Crippen molar-refractivity contribution in [2.24, 2.45) is 17.3 Å². The molecule has 0 aromatic heterocycles. The maximum absolute atomic E-state index is 5.93. The molecule has 0 heterocycles. The standard InChI is InChI=1S/C21H30O3/c1-21-10-9-16-15-8-6-14(22-2)11-13(15)5-7-17(16)18(21)12-19(23-3)20(21)24-4/h6,8,11,16-20H,5,7,9-10,12H2,1-4H3/t16-,17-,18+,19+,20+,21-/m0/s1. The fourth-order valence-corrected chi connectivity index (χ4v) is 6.27. The molecule has 2 saturated carbocycles. The van der Waals surface area contributed by atoms with E-state index in [9.17, 15) is 0 Å². The summed E-state index contributed by atoms with van der Waals surface area (Å²) < 4.78 is 17.2. The molecule has 1 aromatic rings. The van der Waals surface area contributed by atoms with E-state index >= 15 is 0 Å². The van der Waals surface area contributed by atoms with E-state index in [2.05, 4.69) is 25.1 Å². The van der Waals surface area contributed by atoms with Crippen molar-refractivity contribution in [2.75, 3.05) is 21.3 Å². The molecular weight excluding hydrogens is 300 g/mol. The molecule has 132 valence electrons. The van der Waals surface area contributed by atoms with E-state index in [0.717, 1.165) is 18.1 Å². The molecule has 6 atom stereocenters. The van der Waals surface area contributed by atoms with Gasteiger partial charge in [0, 0.05) is 14.2 Å². The third-order valence-electron chi connectivity index (χ3n) is 7.40. The Balaban J connectivity index is 1.66. The average Bonchev–Trinajstić information content (AvgIpc) is 2.92. The zero-order valence-corrected chi connectivity index (χ0v) is 15.4. The van der Waals surface area contributed by atoms with Gasteiger partial charge in [0.05, 0.1) is 19.3 Å². The van der Waals surface area contributed by atoms with Crippen LogP contribution in [0, 0.1) is 17.3 Å². The first-order valence-electron chi connectivity index (χ1n) is 9.34. The van der Waals surface area contributed by atoms with E-state index in [1.165, 1.54) is 31.2 Å². The SMILES string of the molecule is COc1ccc2c(c1)CC[C@@H]1[C@H]3C[C@@H](OC)[C@@H](OC)[C@@]3(C)CC[C@@H]21. The number of rotatable bonds is 3. The van der Waals surface area contributed by atoms with Gasteiger partial charge in [-0.3, -0.25) is 0 Å². The van der Waals surface area contributed by atoms with Gasteiger partial charge in [0.2, 0.25) is 0 Å². The smallest absolute Gasteiger partial charge is 0.119 e. The second kappa shape index (κ2) is 6.03. The number of aryl methyl sites for hydroxylation is 1. The van der Waals surface area contributed by atoms with Gasteiger partial charge in [-0.05, 0) is 78.5 Å². The summed E-state index contributed by atoms with van der Waals surface area (Å²) in [5, 5.41) is 0. The topological polar surface area (TPSA) is 27.7 Å². The molecule has 0 spiro atoms. The van der Waals surface area contributed by atoms with Crippen molar-refractivity contribution in [1.29, 1.82) is 0 Å². The van der Waals surface area contributed by atoms with Gasteiger partial charge in [0.25, 0.3) is 0 Å². The van der Waals surface area contributed by atoms with Gasteiger partial charge >= 0.3 is 0 Å². The van der Waals surface area contributed by atoms with Gasteiger partial charge in [-0.25, -0.2) is 0 Å². The normalized spacial score (nSPS) is 40.6. The van der Waals surface area contributed by atoms with E-state index in [-0.39, 0.29) is 17.6 Å². The highest BCUT2D eigenvalue weighted by Crippen LogP contribution is 2.61. The summed E-state index contributed by atoms with van der Waals surface area (Å²) in [6.45, 7) is 2.45. The third-order valence-corrected chi connectivity index (χ3v) is 7.40. The zero-order chi connectivity index (χ0) is 16.9. The van der Waals surface area contributed by atoms with Crippen molar-refractivity contribution in [3.8, 4) is 5.75 Å². The van der Waals surface area contributed by atoms with E-state index in [1.807, 2.05) is 14.2 Å². The molecule has 0 bridgehead atoms. The molecule has 4 rings (SSSR count). The Hall–Kier alpha value is -1.06. The highest BCUT2D eigenvalue weighted by Gasteiger charge is 2.58. The molecular formula is C21H30O3. The number of methoxy groups -OCH3 is 3. The van der Waals surface area contributed by atoms with Crippen LogP contribution in [0.2, 0.25) is 0 Å². The second-order valence-electron chi connectivity index (χ2n) is 8.19. The molecule has 1 aromatic carbocycles. The van der Waals surface area contributed by atoms with Crippen LogP contribution in [0.15, 0.2) is 18.2 Å². The van der Waals surface area contributed by atoms with Gasteiger partial charge in [0.15, 0.2) is 0 Å². The lowest BCUT2D eigenvalue weighted by atomic mass is 9.55. The Morgan fingerprint density at radius 2 is 1.92 bits per heavy atom. The summed E-state index contributed by atoms with van der Waals surface area (Å²) >= 11 is 0. The van der Waals surface area contributed by atoms with Crippen LogP contribution in [-0.2, 0) is 15.9 Å². The van der Waals surface area contributed by atoms with Crippen LogP contribution in [0.3, 0.4) is 0 Å². The maximum atomic E-state index is 5.93. The molecule has 3 aliphatic rings. The number of fused-ring (bicyclic) bond motifs is 5. The Morgan fingerprint density at radius 3 is 2.62 bits per heavy atom. The van der Waals surface area contributed by atoms with Crippen molar-refractivity contribution < 1.29 is 14.2 Å². The molecule has 0 amide bonds. The highest BCUT2D eigenvalue weighted by atomic mass is 16.5. The summed E-state index contributed by atoms with van der Waals surface area (Å²) in [6, 6.07) is 6.72.